The van der Waals surface area contributed by atoms with Crippen LogP contribution in [0.4, 0.5) is 0 Å². The third-order valence-corrected chi connectivity index (χ3v) is 8.98. The highest BCUT2D eigenvalue weighted by Gasteiger charge is 2.42. The quantitative estimate of drug-likeness (QED) is 0.581. The van der Waals surface area contributed by atoms with Gasteiger partial charge in [0.25, 0.3) is 0 Å². The van der Waals surface area contributed by atoms with Crippen molar-refractivity contribution in [3.8, 4) is 0 Å². The van der Waals surface area contributed by atoms with Crippen molar-refractivity contribution in [2.45, 2.75) is 102 Å². The lowest BCUT2D eigenvalue weighted by molar-refractivity contribution is -0.138. The summed E-state index contributed by atoms with van der Waals surface area (Å²) in [6.45, 7) is 2.61. The first kappa shape index (κ1) is 25.2. The number of hydrogen-bond donors (Lipinski definition) is 2. The lowest BCUT2D eigenvalue weighted by atomic mass is 9.79. The first-order chi connectivity index (χ1) is 17.6. The molecule has 4 unspecified atom stereocenters. The van der Waals surface area contributed by atoms with E-state index in [2.05, 4.69) is 45.9 Å². The fraction of sp³-hybridized carbons (Fsp3) is 0.633. The zero-order valence-corrected chi connectivity index (χ0v) is 22.0. The highest BCUT2D eigenvalue weighted by atomic mass is 16.2. The number of likely N-dealkylation sites (tertiary alicyclic amines) is 1. The summed E-state index contributed by atoms with van der Waals surface area (Å²) < 4.78 is 0. The number of likely N-dealkylation sites (N-methyl/N-ethyl adjacent to an activating group) is 1. The Hall–Kier alpha value is -2.47. The molecule has 2 fully saturated rings. The van der Waals surface area contributed by atoms with Gasteiger partial charge in [-0.05, 0) is 76.0 Å². The maximum absolute atomic E-state index is 14.1. The fourth-order valence-electron chi connectivity index (χ4n) is 6.83. The Morgan fingerprint density at radius 2 is 1.78 bits per heavy atom. The molecule has 1 aromatic carbocycles. The highest BCUT2D eigenvalue weighted by molar-refractivity contribution is 5.99. The van der Waals surface area contributed by atoms with E-state index in [0.29, 0.717) is 5.92 Å². The van der Waals surface area contributed by atoms with Gasteiger partial charge in [0.1, 0.15) is 6.04 Å². The van der Waals surface area contributed by atoms with Crippen molar-refractivity contribution < 1.29 is 9.59 Å². The Morgan fingerprint density at radius 3 is 2.53 bits per heavy atom. The summed E-state index contributed by atoms with van der Waals surface area (Å²) in [6.07, 6.45) is 11.8. The molecule has 194 valence electrons. The first-order valence-corrected chi connectivity index (χ1v) is 14.2. The smallest absolute Gasteiger partial charge is 0.245 e. The molecule has 2 aliphatic heterocycles. The van der Waals surface area contributed by atoms with Crippen LogP contribution in [0.15, 0.2) is 46.6 Å². The molecule has 1 saturated carbocycles. The van der Waals surface area contributed by atoms with E-state index in [0.717, 1.165) is 57.9 Å². The molecular formula is C30H42N4O2. The van der Waals surface area contributed by atoms with Gasteiger partial charge in [0.05, 0.1) is 12.1 Å². The lowest BCUT2D eigenvalue weighted by Gasteiger charge is -2.35. The van der Waals surface area contributed by atoms with E-state index < -0.39 is 6.04 Å². The van der Waals surface area contributed by atoms with Crippen LogP contribution >= 0.6 is 0 Å². The van der Waals surface area contributed by atoms with Gasteiger partial charge in [0.2, 0.25) is 11.8 Å². The van der Waals surface area contributed by atoms with Crippen LogP contribution in [0.2, 0.25) is 0 Å². The van der Waals surface area contributed by atoms with Crippen molar-refractivity contribution in [2.24, 2.45) is 10.9 Å². The van der Waals surface area contributed by atoms with Gasteiger partial charge in [-0.2, -0.15) is 0 Å². The molecule has 6 heteroatoms. The molecule has 1 saturated heterocycles. The molecule has 6 nitrogen and oxygen atoms in total. The van der Waals surface area contributed by atoms with E-state index in [9.17, 15) is 9.59 Å². The van der Waals surface area contributed by atoms with Crippen LogP contribution in [0.3, 0.4) is 0 Å². The standard InChI is InChI=1S/C30H42N4O2/c1-20(31-2)29(35)33-28(22-13-7-4-8-14-22)30(36)34-18-10-17-27(34)26-19-24-23(15-9-16-25(24)32-26)21-11-5-3-6-12-21/h3,5-6,11-12,20,22-23,27-28,31H,4,7-10,13-19H2,1-2H3,(H,33,35). The van der Waals surface area contributed by atoms with E-state index in [4.69, 9.17) is 4.99 Å². The van der Waals surface area contributed by atoms with Crippen molar-refractivity contribution in [1.82, 2.24) is 15.5 Å². The lowest BCUT2D eigenvalue weighted by Crippen LogP contribution is -2.57. The molecule has 2 amide bonds. The number of nitrogens with one attached hydrogen (secondary N) is 2. The van der Waals surface area contributed by atoms with E-state index >= 15 is 0 Å². The summed E-state index contributed by atoms with van der Waals surface area (Å²) in [5.74, 6) is 0.685. The molecule has 1 aromatic rings. The van der Waals surface area contributed by atoms with Gasteiger partial charge in [-0.1, -0.05) is 49.6 Å². The van der Waals surface area contributed by atoms with Crippen molar-refractivity contribution in [1.29, 1.82) is 0 Å². The number of carbonyl (C=O) groups is 2. The number of benzene rings is 1. The third-order valence-electron chi connectivity index (χ3n) is 8.98. The summed E-state index contributed by atoms with van der Waals surface area (Å²) >= 11 is 0. The molecule has 2 N–H and O–H groups in total. The Morgan fingerprint density at radius 1 is 1.00 bits per heavy atom. The predicted molar refractivity (Wildman–Crippen MR) is 144 cm³/mol. The molecule has 0 aromatic heterocycles. The number of rotatable bonds is 7. The van der Waals surface area contributed by atoms with Crippen LogP contribution in [0.25, 0.3) is 0 Å². The molecule has 36 heavy (non-hydrogen) atoms. The minimum absolute atomic E-state index is 0.0595. The van der Waals surface area contributed by atoms with Crippen molar-refractivity contribution in [3.63, 3.8) is 0 Å². The molecule has 2 aliphatic carbocycles. The van der Waals surface area contributed by atoms with E-state index in [-0.39, 0.29) is 29.8 Å². The molecule has 4 aliphatic rings. The molecule has 5 rings (SSSR count). The number of hydrogen-bond acceptors (Lipinski definition) is 4. The number of carbonyl (C=O) groups excluding carboxylic acids is 2. The van der Waals surface area contributed by atoms with E-state index in [1.54, 1.807) is 7.05 Å². The normalized spacial score (nSPS) is 26.4. The van der Waals surface area contributed by atoms with Gasteiger partial charge in [-0.15, -0.1) is 0 Å². The van der Waals surface area contributed by atoms with Crippen LogP contribution < -0.4 is 10.6 Å². The minimum Gasteiger partial charge on any atom is -0.343 e. The molecule has 4 atom stereocenters. The molecular weight excluding hydrogens is 448 g/mol. The number of allylic oxidation sites excluding steroid dienone is 2. The topological polar surface area (TPSA) is 73.8 Å². The van der Waals surface area contributed by atoms with Gasteiger partial charge >= 0.3 is 0 Å². The summed E-state index contributed by atoms with van der Waals surface area (Å²) in [4.78, 5) is 34.2. The Kier molecular flexibility index (Phi) is 7.90. The van der Waals surface area contributed by atoms with Gasteiger partial charge in [-0.3, -0.25) is 14.6 Å². The van der Waals surface area contributed by atoms with Crippen molar-refractivity contribution in [2.75, 3.05) is 13.6 Å². The summed E-state index contributed by atoms with van der Waals surface area (Å²) in [5, 5.41) is 6.18. The Labute approximate surface area is 216 Å². The van der Waals surface area contributed by atoms with E-state index in [1.165, 1.54) is 41.8 Å². The monoisotopic (exact) mass is 490 g/mol. The second-order valence-corrected chi connectivity index (χ2v) is 11.2. The second-order valence-electron chi connectivity index (χ2n) is 11.2. The number of nitrogens with zero attached hydrogens (tertiary/aromatic N) is 2. The average Bonchev–Trinajstić information content (AvgIpc) is 3.59. The van der Waals surface area contributed by atoms with Gasteiger partial charge in [0.15, 0.2) is 0 Å². The molecule has 0 radical (unpaired) electrons. The first-order valence-electron chi connectivity index (χ1n) is 14.2. The Balaban J connectivity index is 1.33. The summed E-state index contributed by atoms with van der Waals surface area (Å²) in [6, 6.07) is 10.1. The number of amides is 2. The maximum Gasteiger partial charge on any atom is 0.245 e. The maximum atomic E-state index is 14.1. The average molecular weight is 491 g/mol. The zero-order chi connectivity index (χ0) is 25.1. The van der Waals surface area contributed by atoms with Crippen molar-refractivity contribution >= 4 is 17.5 Å². The van der Waals surface area contributed by atoms with Crippen molar-refractivity contribution in [3.05, 3.63) is 47.2 Å². The molecule has 2 heterocycles. The predicted octanol–water partition coefficient (Wildman–Crippen LogP) is 4.72. The Bertz CT molecular complexity index is 1010. The molecule has 0 bridgehead atoms. The summed E-state index contributed by atoms with van der Waals surface area (Å²) in [5.41, 5.74) is 5.30. The molecule has 0 spiro atoms. The van der Waals surface area contributed by atoms with Crippen LogP contribution in [0, 0.1) is 5.92 Å². The third kappa shape index (κ3) is 5.15. The van der Waals surface area contributed by atoms with Gasteiger partial charge < -0.3 is 15.5 Å². The fourth-order valence-corrected chi connectivity index (χ4v) is 6.83. The number of aliphatic imine (C=N–C) groups is 1. The minimum atomic E-state index is -0.434. The summed E-state index contributed by atoms with van der Waals surface area (Å²) in [7, 11) is 1.79. The largest absolute Gasteiger partial charge is 0.343 e. The van der Waals surface area contributed by atoms with Crippen LogP contribution in [0.5, 0.6) is 0 Å². The van der Waals surface area contributed by atoms with E-state index in [1.807, 2.05) is 6.92 Å². The van der Waals surface area contributed by atoms with Crippen LogP contribution in [-0.4, -0.2) is 54.1 Å². The SMILES string of the molecule is CNC(C)C(=O)NC(C(=O)N1CCCC1C1=NC2=C(C1)C(c1ccccc1)CCC2)C1CCCCC1. The van der Waals surface area contributed by atoms with Crippen LogP contribution in [-0.2, 0) is 9.59 Å². The van der Waals surface area contributed by atoms with Gasteiger partial charge in [-0.25, -0.2) is 0 Å². The highest BCUT2D eigenvalue weighted by Crippen LogP contribution is 2.44. The zero-order valence-electron chi connectivity index (χ0n) is 22.0. The van der Waals surface area contributed by atoms with Crippen LogP contribution in [0.1, 0.15) is 89.0 Å². The van der Waals surface area contributed by atoms with Gasteiger partial charge in [0, 0.05) is 30.3 Å². The second kappa shape index (κ2) is 11.3.